The van der Waals surface area contributed by atoms with Gasteiger partial charge in [-0.2, -0.15) is 8.42 Å². The Hall–Kier alpha value is -4.59. The van der Waals surface area contributed by atoms with Gasteiger partial charge in [0.15, 0.2) is 0 Å². The van der Waals surface area contributed by atoms with E-state index in [1.165, 1.54) is 6.07 Å². The zero-order valence-electron chi connectivity index (χ0n) is 22.1. The van der Waals surface area contributed by atoms with Crippen LogP contribution < -0.4 is 14.5 Å². The summed E-state index contributed by atoms with van der Waals surface area (Å²) in [5, 5.41) is 0. The van der Waals surface area contributed by atoms with E-state index in [1.54, 1.807) is 18.2 Å². The molecule has 0 spiro atoms. The first-order valence-corrected chi connectivity index (χ1v) is 14.3. The zero-order valence-corrected chi connectivity index (χ0v) is 22.9. The number of hydrogen-bond donors (Lipinski definition) is 1. The fourth-order valence-corrected chi connectivity index (χ4v) is 6.03. The van der Waals surface area contributed by atoms with Gasteiger partial charge in [-0.3, -0.25) is 4.55 Å². The van der Waals surface area contributed by atoms with Gasteiger partial charge in [0.25, 0.3) is 10.1 Å². The highest BCUT2D eigenvalue weighted by atomic mass is 32.2. The first kappa shape index (κ1) is 25.7. The molecule has 1 aliphatic rings. The minimum Gasteiger partial charge on any atom is -0.457 e. The summed E-state index contributed by atoms with van der Waals surface area (Å²) < 4.78 is 41.5. The van der Waals surface area contributed by atoms with Gasteiger partial charge in [-0.25, -0.2) is 0 Å². The monoisotopic (exact) mass is 548 g/mol. The summed E-state index contributed by atoms with van der Waals surface area (Å²) in [6.07, 6.45) is 0. The van der Waals surface area contributed by atoms with E-state index in [2.05, 4.69) is 9.80 Å². The SMILES string of the molecule is CN(c1ccccc1)c1ccc2c(c1)Oc1cc(N(C)c3ccccc3)ccc1C2c1ccccc1S(=O)(=O)O. The first-order chi connectivity index (χ1) is 19.3. The van der Waals surface area contributed by atoms with Crippen LogP contribution in [0.2, 0.25) is 0 Å². The molecule has 6 nitrogen and oxygen atoms in total. The first-order valence-electron chi connectivity index (χ1n) is 12.9. The van der Waals surface area contributed by atoms with Crippen LogP contribution in [0.15, 0.2) is 126 Å². The Morgan fingerprint density at radius 2 is 1.02 bits per heavy atom. The van der Waals surface area contributed by atoms with Crippen LogP contribution in [-0.2, 0) is 10.1 Å². The van der Waals surface area contributed by atoms with E-state index in [4.69, 9.17) is 4.74 Å². The summed E-state index contributed by atoms with van der Waals surface area (Å²) in [6, 6.07) is 38.5. The summed E-state index contributed by atoms with van der Waals surface area (Å²) in [4.78, 5) is 4.02. The highest BCUT2D eigenvalue weighted by Gasteiger charge is 2.33. The molecule has 7 heteroatoms. The Bertz CT molecular complexity index is 1700. The van der Waals surface area contributed by atoms with Gasteiger partial charge >= 0.3 is 0 Å². The van der Waals surface area contributed by atoms with Crippen molar-refractivity contribution in [2.75, 3.05) is 23.9 Å². The van der Waals surface area contributed by atoms with Crippen LogP contribution in [0, 0.1) is 0 Å². The van der Waals surface area contributed by atoms with Crippen molar-refractivity contribution in [2.45, 2.75) is 10.8 Å². The molecule has 0 atom stereocenters. The van der Waals surface area contributed by atoms with Crippen LogP contribution in [0.1, 0.15) is 22.6 Å². The van der Waals surface area contributed by atoms with Crippen LogP contribution in [0.3, 0.4) is 0 Å². The predicted molar refractivity (Wildman–Crippen MR) is 159 cm³/mol. The Balaban J connectivity index is 1.51. The molecule has 0 fully saturated rings. The van der Waals surface area contributed by atoms with Gasteiger partial charge in [-0.1, -0.05) is 66.7 Å². The molecule has 40 heavy (non-hydrogen) atoms. The topological polar surface area (TPSA) is 70.1 Å². The summed E-state index contributed by atoms with van der Waals surface area (Å²) in [5.74, 6) is 0.786. The highest BCUT2D eigenvalue weighted by Crippen LogP contribution is 2.50. The van der Waals surface area contributed by atoms with Crippen molar-refractivity contribution in [3.8, 4) is 11.5 Å². The van der Waals surface area contributed by atoms with Crippen LogP contribution in [0.25, 0.3) is 0 Å². The number of nitrogens with zero attached hydrogens (tertiary/aromatic N) is 2. The summed E-state index contributed by atoms with van der Waals surface area (Å²) >= 11 is 0. The largest absolute Gasteiger partial charge is 0.457 e. The number of rotatable bonds is 6. The Morgan fingerprint density at radius 1 is 0.575 bits per heavy atom. The van der Waals surface area contributed by atoms with Crippen molar-refractivity contribution < 1.29 is 17.7 Å². The molecular weight excluding hydrogens is 520 g/mol. The number of hydrogen-bond acceptors (Lipinski definition) is 5. The molecule has 1 heterocycles. The molecule has 0 saturated heterocycles. The molecule has 200 valence electrons. The van der Waals surface area contributed by atoms with Gasteiger partial charge in [0.1, 0.15) is 11.5 Å². The summed E-state index contributed by atoms with van der Waals surface area (Å²) in [6.45, 7) is 0. The Labute approximate surface area is 234 Å². The van der Waals surface area contributed by atoms with Gasteiger partial charge in [-0.15, -0.1) is 0 Å². The molecule has 0 saturated carbocycles. The third-order valence-electron chi connectivity index (χ3n) is 7.41. The number of anilines is 4. The third-order valence-corrected chi connectivity index (χ3v) is 8.33. The van der Waals surface area contributed by atoms with E-state index in [1.807, 2.05) is 111 Å². The lowest BCUT2D eigenvalue weighted by Crippen LogP contribution is -2.17. The van der Waals surface area contributed by atoms with Crippen LogP contribution in [0.4, 0.5) is 22.7 Å². The quantitative estimate of drug-likeness (QED) is 0.215. The van der Waals surface area contributed by atoms with E-state index < -0.39 is 16.0 Å². The Kier molecular flexibility index (Phi) is 6.54. The van der Waals surface area contributed by atoms with Crippen molar-refractivity contribution in [2.24, 2.45) is 0 Å². The van der Waals surface area contributed by atoms with Crippen molar-refractivity contribution in [3.63, 3.8) is 0 Å². The second-order valence-corrected chi connectivity index (χ2v) is 11.2. The fraction of sp³-hybridized carbons (Fsp3) is 0.0909. The average molecular weight is 549 g/mol. The van der Waals surface area contributed by atoms with Crippen LogP contribution >= 0.6 is 0 Å². The number of ether oxygens (including phenoxy) is 1. The van der Waals surface area contributed by atoms with Crippen LogP contribution in [-0.4, -0.2) is 27.1 Å². The summed E-state index contributed by atoms with van der Waals surface area (Å²) in [5.41, 5.74) is 6.03. The van der Waals surface area contributed by atoms with Gasteiger partial charge in [-0.05, 0) is 48.0 Å². The third kappa shape index (κ3) is 4.70. The lowest BCUT2D eigenvalue weighted by atomic mass is 9.82. The number of para-hydroxylation sites is 2. The molecule has 0 radical (unpaired) electrons. The molecule has 0 aromatic heterocycles. The van der Waals surface area contributed by atoms with Gasteiger partial charge in [0, 0.05) is 66.0 Å². The maximum absolute atomic E-state index is 12.4. The van der Waals surface area contributed by atoms with E-state index in [9.17, 15) is 13.0 Å². The molecule has 5 aromatic rings. The fourth-order valence-electron chi connectivity index (χ4n) is 5.29. The molecular formula is C33H28N2O4S. The van der Waals surface area contributed by atoms with E-state index in [0.717, 1.165) is 33.9 Å². The molecule has 6 rings (SSSR count). The normalized spacial score (nSPS) is 12.7. The maximum atomic E-state index is 12.4. The molecule has 0 aliphatic carbocycles. The Morgan fingerprint density at radius 3 is 1.50 bits per heavy atom. The second-order valence-electron chi connectivity index (χ2n) is 9.78. The van der Waals surface area contributed by atoms with Gasteiger partial charge in [0.2, 0.25) is 0 Å². The molecule has 0 bridgehead atoms. The van der Waals surface area contributed by atoms with E-state index >= 15 is 0 Å². The molecule has 5 aromatic carbocycles. The second kappa shape index (κ2) is 10.2. The molecule has 0 unspecified atom stereocenters. The maximum Gasteiger partial charge on any atom is 0.294 e. The number of benzene rings is 5. The van der Waals surface area contributed by atoms with Crippen molar-refractivity contribution in [1.29, 1.82) is 0 Å². The van der Waals surface area contributed by atoms with Gasteiger partial charge < -0.3 is 14.5 Å². The predicted octanol–water partition coefficient (Wildman–Crippen LogP) is 7.76. The number of fused-ring (bicyclic) bond motifs is 2. The van der Waals surface area contributed by atoms with Crippen molar-refractivity contribution in [3.05, 3.63) is 138 Å². The standard InChI is InChI=1S/C33H28N2O4S/c1-34(23-11-5-3-6-12-23)25-17-19-27-30(21-25)39-31-22-26(35(2)24-13-7-4-8-14-24)18-20-28(31)33(27)29-15-9-10-16-32(29)40(36,37)38/h3-22,33H,1-2H3,(H,36,37,38). The molecule has 1 aliphatic heterocycles. The lowest BCUT2D eigenvalue weighted by molar-refractivity contribution is 0.451. The van der Waals surface area contributed by atoms with E-state index in [0.29, 0.717) is 17.1 Å². The minimum absolute atomic E-state index is 0.116. The van der Waals surface area contributed by atoms with Crippen LogP contribution in [0.5, 0.6) is 11.5 Å². The molecule has 0 amide bonds. The lowest BCUT2D eigenvalue weighted by Gasteiger charge is -2.32. The van der Waals surface area contributed by atoms with Crippen molar-refractivity contribution in [1.82, 2.24) is 0 Å². The zero-order chi connectivity index (χ0) is 27.9. The minimum atomic E-state index is -4.46. The van der Waals surface area contributed by atoms with Gasteiger partial charge in [0.05, 0.1) is 4.90 Å². The molecule has 1 N–H and O–H groups in total. The van der Waals surface area contributed by atoms with Crippen molar-refractivity contribution >= 4 is 32.9 Å². The van der Waals surface area contributed by atoms with E-state index in [-0.39, 0.29) is 4.90 Å². The summed E-state index contributed by atoms with van der Waals surface area (Å²) in [7, 11) is -0.477. The highest BCUT2D eigenvalue weighted by molar-refractivity contribution is 7.85. The average Bonchev–Trinajstić information content (AvgIpc) is 2.99. The smallest absolute Gasteiger partial charge is 0.294 e.